The average Bonchev–Trinajstić information content (AvgIpc) is 3.12. The molecule has 1 aromatic carbocycles. The monoisotopic (exact) mass is 396 g/mol. The maximum atomic E-state index is 13.0. The van der Waals surface area contributed by atoms with Crippen molar-refractivity contribution in [3.63, 3.8) is 0 Å². The maximum absolute atomic E-state index is 13.0. The molecule has 2 heterocycles. The molecule has 1 saturated heterocycles. The minimum atomic E-state index is -0.538. The highest BCUT2D eigenvalue weighted by Crippen LogP contribution is 2.38. The Morgan fingerprint density at radius 2 is 1.90 bits per heavy atom. The number of ether oxygens (including phenoxy) is 2. The number of methoxy groups -OCH3 is 1. The van der Waals surface area contributed by atoms with Crippen LogP contribution in [-0.2, 0) is 0 Å². The molecular weight excluding hydrogens is 368 g/mol. The third-order valence-electron chi connectivity index (χ3n) is 6.14. The van der Waals surface area contributed by atoms with Gasteiger partial charge < -0.3 is 19.5 Å². The zero-order valence-corrected chi connectivity index (χ0v) is 17.2. The summed E-state index contributed by atoms with van der Waals surface area (Å²) in [6.07, 6.45) is 0.575. The van der Waals surface area contributed by atoms with Crippen molar-refractivity contribution in [3.8, 4) is 11.5 Å². The number of nitrogens with zero attached hydrogens (tertiary/aromatic N) is 2. The number of fused-ring (bicyclic) bond motifs is 1. The number of carbonyl (C=O) groups is 1. The van der Waals surface area contributed by atoms with Gasteiger partial charge in [0.2, 0.25) is 0 Å². The van der Waals surface area contributed by atoms with Crippen molar-refractivity contribution in [2.45, 2.75) is 38.9 Å². The van der Waals surface area contributed by atoms with Gasteiger partial charge in [-0.1, -0.05) is 6.07 Å². The molecule has 1 aromatic heterocycles. The molecule has 1 saturated carbocycles. The Hall–Kier alpha value is -2.60. The zero-order chi connectivity index (χ0) is 20.5. The number of benzene rings is 1. The van der Waals surface area contributed by atoms with Crippen molar-refractivity contribution in [1.29, 1.82) is 0 Å². The van der Waals surface area contributed by atoms with Gasteiger partial charge in [-0.15, -0.1) is 0 Å². The number of amides is 1. The molecule has 0 bridgehead atoms. The fraction of sp³-hybridized carbons (Fsp3) is 0.478. The van der Waals surface area contributed by atoms with E-state index in [4.69, 9.17) is 9.47 Å². The molecular formula is C23H28N2O4. The first-order valence-corrected chi connectivity index (χ1v) is 10.2. The lowest BCUT2D eigenvalue weighted by molar-refractivity contribution is -0.0236. The second-order valence-corrected chi connectivity index (χ2v) is 8.19. The van der Waals surface area contributed by atoms with Gasteiger partial charge in [0.1, 0.15) is 17.6 Å². The molecule has 2 aromatic rings. The van der Waals surface area contributed by atoms with Crippen LogP contribution in [0.4, 0.5) is 0 Å². The SMILES string of the molecule is COc1cccc(C(=O)N2C[C@H]3C[C@@H](Oc4ccc(C)nc4C)[C@H](O)C[C@H]3C2)c1. The fourth-order valence-corrected chi connectivity index (χ4v) is 4.58. The molecule has 0 radical (unpaired) electrons. The number of hydrogen-bond donors (Lipinski definition) is 1. The molecule has 0 spiro atoms. The number of hydrogen-bond acceptors (Lipinski definition) is 5. The van der Waals surface area contributed by atoms with Gasteiger partial charge in [-0.3, -0.25) is 9.78 Å². The van der Waals surface area contributed by atoms with Crippen LogP contribution in [0.25, 0.3) is 0 Å². The molecule has 1 aliphatic heterocycles. The summed E-state index contributed by atoms with van der Waals surface area (Å²) < 4.78 is 11.4. The van der Waals surface area contributed by atoms with Crippen LogP contribution in [0.15, 0.2) is 36.4 Å². The number of aryl methyl sites for hydroxylation is 2. The quantitative estimate of drug-likeness (QED) is 0.860. The molecule has 0 unspecified atom stereocenters. The molecule has 6 heteroatoms. The molecule has 4 rings (SSSR count). The molecule has 1 N–H and O–H groups in total. The first-order chi connectivity index (χ1) is 13.9. The Labute approximate surface area is 171 Å². The van der Waals surface area contributed by atoms with E-state index in [1.807, 2.05) is 49.1 Å². The lowest BCUT2D eigenvalue weighted by atomic mass is 9.78. The van der Waals surface area contributed by atoms with E-state index in [0.29, 0.717) is 42.7 Å². The third-order valence-corrected chi connectivity index (χ3v) is 6.14. The van der Waals surface area contributed by atoms with Gasteiger partial charge in [0.15, 0.2) is 0 Å². The van der Waals surface area contributed by atoms with Crippen LogP contribution in [-0.4, -0.2) is 53.3 Å². The number of aliphatic hydroxyl groups is 1. The normalized spacial score (nSPS) is 26.1. The first-order valence-electron chi connectivity index (χ1n) is 10.2. The highest BCUT2D eigenvalue weighted by atomic mass is 16.5. The van der Waals surface area contributed by atoms with E-state index in [9.17, 15) is 9.90 Å². The van der Waals surface area contributed by atoms with Crippen LogP contribution in [0.2, 0.25) is 0 Å². The topological polar surface area (TPSA) is 71.9 Å². The lowest BCUT2D eigenvalue weighted by Crippen LogP contribution is -2.42. The summed E-state index contributed by atoms with van der Waals surface area (Å²) in [6.45, 7) is 5.24. The van der Waals surface area contributed by atoms with Crippen molar-refractivity contribution in [3.05, 3.63) is 53.3 Å². The number of aliphatic hydroxyl groups excluding tert-OH is 1. The summed E-state index contributed by atoms with van der Waals surface area (Å²) in [5.41, 5.74) is 2.42. The number of likely N-dealkylation sites (tertiary alicyclic amines) is 1. The minimum Gasteiger partial charge on any atom is -0.497 e. The van der Waals surface area contributed by atoms with Crippen LogP contribution in [0, 0.1) is 25.7 Å². The van der Waals surface area contributed by atoms with E-state index in [1.54, 1.807) is 13.2 Å². The summed E-state index contributed by atoms with van der Waals surface area (Å²) in [4.78, 5) is 19.3. The molecule has 1 amide bonds. The Balaban J connectivity index is 1.43. The predicted octanol–water partition coefficient (Wildman–Crippen LogP) is 3.00. The van der Waals surface area contributed by atoms with Crippen LogP contribution in [0.3, 0.4) is 0 Å². The summed E-state index contributed by atoms with van der Waals surface area (Å²) >= 11 is 0. The van der Waals surface area contributed by atoms with Gasteiger partial charge in [0.25, 0.3) is 5.91 Å². The van der Waals surface area contributed by atoms with E-state index >= 15 is 0 Å². The summed E-state index contributed by atoms with van der Waals surface area (Å²) in [6, 6.07) is 11.1. The van der Waals surface area contributed by atoms with Crippen molar-refractivity contribution < 1.29 is 19.4 Å². The largest absolute Gasteiger partial charge is 0.497 e. The molecule has 1 aliphatic carbocycles. The van der Waals surface area contributed by atoms with Crippen LogP contribution in [0.1, 0.15) is 34.6 Å². The molecule has 4 atom stereocenters. The average molecular weight is 396 g/mol. The lowest BCUT2D eigenvalue weighted by Gasteiger charge is -2.35. The standard InChI is InChI=1S/C23H28N2O4/c1-14-7-8-21(15(2)24-14)29-22-11-18-13-25(12-17(18)10-20(22)26)23(27)16-5-4-6-19(9-16)28-3/h4-9,17-18,20,22,26H,10-13H2,1-3H3/t17-,18+,20+,22+/m0/s1. The van der Waals surface area contributed by atoms with E-state index in [1.165, 1.54) is 0 Å². The van der Waals surface area contributed by atoms with Gasteiger partial charge in [-0.2, -0.15) is 0 Å². The number of rotatable bonds is 4. The fourth-order valence-electron chi connectivity index (χ4n) is 4.58. The Morgan fingerprint density at radius 3 is 2.62 bits per heavy atom. The summed E-state index contributed by atoms with van der Waals surface area (Å²) in [7, 11) is 1.60. The Kier molecular flexibility index (Phi) is 5.46. The number of carbonyl (C=O) groups excluding carboxylic acids is 1. The molecule has 2 fully saturated rings. The maximum Gasteiger partial charge on any atom is 0.254 e. The van der Waals surface area contributed by atoms with E-state index in [0.717, 1.165) is 23.6 Å². The van der Waals surface area contributed by atoms with Crippen molar-refractivity contribution in [1.82, 2.24) is 9.88 Å². The second-order valence-electron chi connectivity index (χ2n) is 8.19. The molecule has 2 aliphatic rings. The highest BCUT2D eigenvalue weighted by molar-refractivity contribution is 5.94. The van der Waals surface area contributed by atoms with Gasteiger partial charge in [0.05, 0.1) is 18.9 Å². The second kappa shape index (κ2) is 8.03. The van der Waals surface area contributed by atoms with Crippen molar-refractivity contribution >= 4 is 5.91 Å². The predicted molar refractivity (Wildman–Crippen MR) is 109 cm³/mol. The van der Waals surface area contributed by atoms with E-state index in [-0.39, 0.29) is 12.0 Å². The van der Waals surface area contributed by atoms with Crippen LogP contribution in [0.5, 0.6) is 11.5 Å². The van der Waals surface area contributed by atoms with Gasteiger partial charge in [0, 0.05) is 24.3 Å². The Morgan fingerprint density at radius 1 is 1.14 bits per heavy atom. The number of pyridine rings is 1. The van der Waals surface area contributed by atoms with Gasteiger partial charge >= 0.3 is 0 Å². The minimum absolute atomic E-state index is 0.0174. The van der Waals surface area contributed by atoms with E-state index < -0.39 is 6.10 Å². The number of aromatic nitrogens is 1. The Bertz CT molecular complexity index is 900. The van der Waals surface area contributed by atoms with Crippen molar-refractivity contribution in [2.75, 3.05) is 20.2 Å². The highest BCUT2D eigenvalue weighted by Gasteiger charge is 2.44. The van der Waals surface area contributed by atoms with Crippen molar-refractivity contribution in [2.24, 2.45) is 11.8 Å². The molecule has 29 heavy (non-hydrogen) atoms. The zero-order valence-electron chi connectivity index (χ0n) is 17.2. The van der Waals surface area contributed by atoms with Gasteiger partial charge in [-0.25, -0.2) is 0 Å². The van der Waals surface area contributed by atoms with Crippen LogP contribution < -0.4 is 9.47 Å². The molecule has 6 nitrogen and oxygen atoms in total. The summed E-state index contributed by atoms with van der Waals surface area (Å²) in [5.74, 6) is 2.05. The summed E-state index contributed by atoms with van der Waals surface area (Å²) in [5, 5.41) is 10.7. The van der Waals surface area contributed by atoms with Gasteiger partial charge in [-0.05, 0) is 68.9 Å². The smallest absolute Gasteiger partial charge is 0.254 e. The molecule has 154 valence electrons. The van der Waals surface area contributed by atoms with E-state index in [2.05, 4.69) is 4.98 Å². The third kappa shape index (κ3) is 4.08. The first kappa shape index (κ1) is 19.7. The van der Waals surface area contributed by atoms with Crippen LogP contribution >= 0.6 is 0 Å².